The van der Waals surface area contributed by atoms with Gasteiger partial charge in [-0.2, -0.15) is 0 Å². The van der Waals surface area contributed by atoms with Crippen LogP contribution in [0.2, 0.25) is 0 Å². The summed E-state index contributed by atoms with van der Waals surface area (Å²) >= 11 is 0. The number of anilines is 1. The third kappa shape index (κ3) is 3.06. The van der Waals surface area contributed by atoms with Crippen molar-refractivity contribution in [3.8, 4) is 11.6 Å². The summed E-state index contributed by atoms with van der Waals surface area (Å²) in [6.45, 7) is 1.71. The monoisotopic (exact) mass is 288 g/mol. The molecule has 1 aromatic heterocycles. The number of amides is 1. The van der Waals surface area contributed by atoms with Gasteiger partial charge in [0.2, 0.25) is 17.5 Å². The molecule has 1 amide bonds. The highest BCUT2D eigenvalue weighted by Gasteiger charge is 2.19. The van der Waals surface area contributed by atoms with Crippen LogP contribution in [0.5, 0.6) is 11.6 Å². The van der Waals surface area contributed by atoms with Crippen molar-refractivity contribution < 1.29 is 14.5 Å². The van der Waals surface area contributed by atoms with Crippen LogP contribution in [0.3, 0.4) is 0 Å². The van der Waals surface area contributed by atoms with E-state index in [1.165, 1.54) is 18.3 Å². The van der Waals surface area contributed by atoms with Crippen LogP contribution in [0.4, 0.5) is 11.4 Å². The number of nitro benzene ring substituents is 1. The molecule has 0 atom stereocenters. The number of pyridine rings is 1. The Hall–Kier alpha value is -3.16. The lowest BCUT2D eigenvalue weighted by Gasteiger charge is -2.08. The summed E-state index contributed by atoms with van der Waals surface area (Å²) in [5.41, 5.74) is 11.4. The van der Waals surface area contributed by atoms with Gasteiger partial charge in [-0.05, 0) is 25.1 Å². The molecule has 8 nitrogen and oxygen atoms in total. The van der Waals surface area contributed by atoms with E-state index < -0.39 is 10.8 Å². The summed E-state index contributed by atoms with van der Waals surface area (Å²) in [6, 6.07) is 5.34. The van der Waals surface area contributed by atoms with E-state index >= 15 is 0 Å². The van der Waals surface area contributed by atoms with E-state index in [1.807, 2.05) is 0 Å². The number of carbonyl (C=O) groups is 1. The van der Waals surface area contributed by atoms with Crippen molar-refractivity contribution in [3.63, 3.8) is 0 Å². The van der Waals surface area contributed by atoms with Gasteiger partial charge < -0.3 is 16.2 Å². The maximum atomic E-state index is 11.1. The Balaban J connectivity index is 2.44. The first kappa shape index (κ1) is 14.3. The zero-order chi connectivity index (χ0) is 15.6. The number of nitrogens with two attached hydrogens (primary N) is 2. The van der Waals surface area contributed by atoms with E-state index in [0.29, 0.717) is 11.3 Å². The molecule has 0 saturated heterocycles. The number of carbonyl (C=O) groups excluding carboxylic acids is 1. The second-order valence-corrected chi connectivity index (χ2v) is 4.30. The molecule has 4 N–H and O–H groups in total. The Labute approximate surface area is 119 Å². The highest BCUT2D eigenvalue weighted by atomic mass is 16.6. The van der Waals surface area contributed by atoms with Crippen LogP contribution in [-0.4, -0.2) is 15.8 Å². The van der Waals surface area contributed by atoms with E-state index in [-0.39, 0.29) is 22.9 Å². The Morgan fingerprint density at radius 2 is 2.10 bits per heavy atom. The molecule has 0 aliphatic carbocycles. The number of nitro groups is 1. The largest absolute Gasteiger partial charge is 0.432 e. The second kappa shape index (κ2) is 5.45. The Morgan fingerprint density at radius 3 is 2.67 bits per heavy atom. The molecular weight excluding hydrogens is 276 g/mol. The fourth-order valence-electron chi connectivity index (χ4n) is 1.69. The first-order valence-corrected chi connectivity index (χ1v) is 5.86. The first-order valence-electron chi connectivity index (χ1n) is 5.86. The van der Waals surface area contributed by atoms with Crippen molar-refractivity contribution in [2.75, 3.05) is 5.73 Å². The number of primary amides is 1. The molecule has 0 spiro atoms. The zero-order valence-corrected chi connectivity index (χ0v) is 11.1. The van der Waals surface area contributed by atoms with E-state index in [2.05, 4.69) is 4.98 Å². The summed E-state index contributed by atoms with van der Waals surface area (Å²) in [4.78, 5) is 25.4. The molecular formula is C13H12N4O4. The van der Waals surface area contributed by atoms with Gasteiger partial charge >= 0.3 is 5.69 Å². The van der Waals surface area contributed by atoms with Gasteiger partial charge in [0.25, 0.3) is 0 Å². The highest BCUT2D eigenvalue weighted by molar-refractivity contribution is 5.93. The molecule has 0 bridgehead atoms. The molecule has 0 aliphatic heterocycles. The molecule has 1 aromatic carbocycles. The SMILES string of the molecule is Cc1cc(N)cnc1Oc1ccc(C(N)=O)cc1[N+](=O)[O-]. The third-order valence-corrected chi connectivity index (χ3v) is 2.70. The molecule has 1 heterocycles. The number of hydrogen-bond acceptors (Lipinski definition) is 6. The van der Waals surface area contributed by atoms with Crippen LogP contribution in [0.25, 0.3) is 0 Å². The number of nitrogen functional groups attached to an aromatic ring is 1. The summed E-state index contributed by atoms with van der Waals surface area (Å²) in [7, 11) is 0. The van der Waals surface area contributed by atoms with Crippen LogP contribution < -0.4 is 16.2 Å². The quantitative estimate of drug-likeness (QED) is 0.650. The van der Waals surface area contributed by atoms with Crippen LogP contribution in [0.1, 0.15) is 15.9 Å². The first-order chi connectivity index (χ1) is 9.88. The number of rotatable bonds is 4. The molecule has 108 valence electrons. The van der Waals surface area contributed by atoms with Gasteiger partial charge in [-0.15, -0.1) is 0 Å². The van der Waals surface area contributed by atoms with Gasteiger partial charge in [-0.1, -0.05) is 0 Å². The number of aromatic nitrogens is 1. The Bertz CT molecular complexity index is 730. The Morgan fingerprint density at radius 1 is 1.38 bits per heavy atom. The lowest BCUT2D eigenvalue weighted by atomic mass is 10.2. The predicted octanol–water partition coefficient (Wildman–Crippen LogP) is 1.77. The summed E-state index contributed by atoms with van der Waals surface area (Å²) in [5.74, 6) is -0.601. The topological polar surface area (TPSA) is 134 Å². The Kier molecular flexibility index (Phi) is 3.70. The van der Waals surface area contributed by atoms with E-state index in [4.69, 9.17) is 16.2 Å². The van der Waals surface area contributed by atoms with Crippen molar-refractivity contribution in [1.82, 2.24) is 4.98 Å². The molecule has 0 unspecified atom stereocenters. The van der Waals surface area contributed by atoms with Crippen molar-refractivity contribution in [3.05, 3.63) is 51.7 Å². The lowest BCUT2D eigenvalue weighted by Crippen LogP contribution is -2.11. The number of benzene rings is 1. The van der Waals surface area contributed by atoms with Gasteiger partial charge in [-0.3, -0.25) is 14.9 Å². The minimum atomic E-state index is -0.758. The minimum absolute atomic E-state index is 0.0241. The maximum absolute atomic E-state index is 11.1. The zero-order valence-electron chi connectivity index (χ0n) is 11.1. The van der Waals surface area contributed by atoms with Gasteiger partial charge in [0.05, 0.1) is 16.8 Å². The fraction of sp³-hybridized carbons (Fsp3) is 0.0769. The molecule has 0 saturated carbocycles. The van der Waals surface area contributed by atoms with Crippen molar-refractivity contribution in [2.24, 2.45) is 5.73 Å². The average Bonchev–Trinajstić information content (AvgIpc) is 2.41. The second-order valence-electron chi connectivity index (χ2n) is 4.30. The van der Waals surface area contributed by atoms with Crippen LogP contribution in [0, 0.1) is 17.0 Å². The normalized spacial score (nSPS) is 10.1. The van der Waals surface area contributed by atoms with Gasteiger partial charge in [0, 0.05) is 17.2 Å². The van der Waals surface area contributed by atoms with Crippen LogP contribution in [-0.2, 0) is 0 Å². The predicted molar refractivity (Wildman–Crippen MR) is 75.1 cm³/mol. The summed E-state index contributed by atoms with van der Waals surface area (Å²) in [5, 5.41) is 11.1. The number of aryl methyl sites for hydroxylation is 1. The summed E-state index contributed by atoms with van der Waals surface area (Å²) in [6.07, 6.45) is 1.38. The lowest BCUT2D eigenvalue weighted by molar-refractivity contribution is -0.385. The highest BCUT2D eigenvalue weighted by Crippen LogP contribution is 2.32. The van der Waals surface area contributed by atoms with Crippen LogP contribution in [0.15, 0.2) is 30.5 Å². The van der Waals surface area contributed by atoms with Crippen molar-refractivity contribution in [2.45, 2.75) is 6.92 Å². The smallest absolute Gasteiger partial charge is 0.312 e. The standard InChI is InChI=1S/C13H12N4O4/c1-7-4-9(14)6-16-13(7)21-11-3-2-8(12(15)18)5-10(11)17(19)20/h2-6H,14H2,1H3,(H2,15,18). The van der Waals surface area contributed by atoms with Gasteiger partial charge in [-0.25, -0.2) is 4.98 Å². The molecule has 21 heavy (non-hydrogen) atoms. The number of ether oxygens (including phenoxy) is 1. The van der Waals surface area contributed by atoms with Gasteiger partial charge in [0.15, 0.2) is 0 Å². The summed E-state index contributed by atoms with van der Waals surface area (Å²) < 4.78 is 5.43. The number of hydrogen-bond donors (Lipinski definition) is 2. The maximum Gasteiger partial charge on any atom is 0.312 e. The van der Waals surface area contributed by atoms with E-state index in [0.717, 1.165) is 6.07 Å². The van der Waals surface area contributed by atoms with Crippen molar-refractivity contribution >= 4 is 17.3 Å². The van der Waals surface area contributed by atoms with E-state index in [1.54, 1.807) is 13.0 Å². The number of nitrogens with zero attached hydrogens (tertiary/aromatic N) is 2. The van der Waals surface area contributed by atoms with E-state index in [9.17, 15) is 14.9 Å². The molecule has 2 rings (SSSR count). The van der Waals surface area contributed by atoms with Gasteiger partial charge in [0.1, 0.15) is 0 Å². The fourth-order valence-corrected chi connectivity index (χ4v) is 1.69. The molecule has 2 aromatic rings. The minimum Gasteiger partial charge on any atom is -0.432 e. The molecule has 8 heteroatoms. The average molecular weight is 288 g/mol. The van der Waals surface area contributed by atoms with Crippen LogP contribution >= 0.6 is 0 Å². The van der Waals surface area contributed by atoms with Crippen molar-refractivity contribution in [1.29, 1.82) is 0 Å². The molecule has 0 radical (unpaired) electrons. The third-order valence-electron chi connectivity index (χ3n) is 2.70. The molecule has 0 aliphatic rings. The molecule has 0 fully saturated rings.